The molecule has 3 amide bonds. The SMILES string of the molecule is CCCCN(C(=O)C(NC(=O)OC(C)(C)C)C(C)CC)C(C(=O)Nc1ccccc1C)c1ccccc1C. The molecule has 0 saturated heterocycles. The van der Waals surface area contributed by atoms with E-state index >= 15 is 0 Å². The van der Waals surface area contributed by atoms with Gasteiger partial charge in [-0.15, -0.1) is 0 Å². The summed E-state index contributed by atoms with van der Waals surface area (Å²) in [6.45, 7) is 15.5. The zero-order valence-electron chi connectivity index (χ0n) is 24.3. The molecule has 0 radical (unpaired) electrons. The van der Waals surface area contributed by atoms with Crippen LogP contribution in [0, 0.1) is 19.8 Å². The number of aryl methyl sites for hydroxylation is 2. The van der Waals surface area contributed by atoms with Gasteiger partial charge in [-0.2, -0.15) is 0 Å². The zero-order valence-corrected chi connectivity index (χ0v) is 24.3. The second kappa shape index (κ2) is 14.0. The lowest BCUT2D eigenvalue weighted by Gasteiger charge is -2.36. The molecule has 0 aliphatic rings. The highest BCUT2D eigenvalue weighted by Gasteiger charge is 2.38. The van der Waals surface area contributed by atoms with Crippen molar-refractivity contribution in [3.05, 3.63) is 65.2 Å². The van der Waals surface area contributed by atoms with E-state index in [9.17, 15) is 14.4 Å². The highest BCUT2D eigenvalue weighted by molar-refractivity contribution is 5.99. The summed E-state index contributed by atoms with van der Waals surface area (Å²) in [7, 11) is 0. The molecule has 0 saturated carbocycles. The van der Waals surface area contributed by atoms with Crippen LogP contribution in [0.3, 0.4) is 0 Å². The topological polar surface area (TPSA) is 87.7 Å². The molecule has 38 heavy (non-hydrogen) atoms. The summed E-state index contributed by atoms with van der Waals surface area (Å²) >= 11 is 0. The van der Waals surface area contributed by atoms with Crippen LogP contribution in [0.5, 0.6) is 0 Å². The van der Waals surface area contributed by atoms with E-state index in [-0.39, 0.29) is 17.7 Å². The second-order valence-electron chi connectivity index (χ2n) is 11.0. The molecular formula is C31H45N3O4. The number of rotatable bonds is 11. The molecule has 2 aromatic carbocycles. The molecule has 7 nitrogen and oxygen atoms in total. The number of nitrogens with zero attached hydrogens (tertiary/aromatic N) is 1. The maximum absolute atomic E-state index is 14.3. The van der Waals surface area contributed by atoms with Crippen LogP contribution in [-0.2, 0) is 14.3 Å². The van der Waals surface area contributed by atoms with Gasteiger partial charge in [0.1, 0.15) is 17.7 Å². The van der Waals surface area contributed by atoms with Crippen molar-refractivity contribution in [3.63, 3.8) is 0 Å². The first-order chi connectivity index (χ1) is 17.9. The molecule has 0 spiro atoms. The van der Waals surface area contributed by atoms with Crippen LogP contribution in [0.25, 0.3) is 0 Å². The van der Waals surface area contributed by atoms with E-state index in [2.05, 4.69) is 10.6 Å². The molecule has 208 valence electrons. The number of hydrogen-bond donors (Lipinski definition) is 2. The molecule has 0 bridgehead atoms. The minimum absolute atomic E-state index is 0.170. The lowest BCUT2D eigenvalue weighted by Crippen LogP contribution is -2.55. The summed E-state index contributed by atoms with van der Waals surface area (Å²) in [4.78, 5) is 42.6. The molecule has 0 aromatic heterocycles. The van der Waals surface area contributed by atoms with E-state index < -0.39 is 23.8 Å². The van der Waals surface area contributed by atoms with Crippen molar-refractivity contribution < 1.29 is 19.1 Å². The summed E-state index contributed by atoms with van der Waals surface area (Å²) in [5, 5.41) is 5.87. The summed E-state index contributed by atoms with van der Waals surface area (Å²) in [6, 6.07) is 13.5. The number of para-hydroxylation sites is 1. The maximum Gasteiger partial charge on any atom is 0.408 e. The first kappa shape index (κ1) is 30.9. The smallest absolute Gasteiger partial charge is 0.408 e. The van der Waals surface area contributed by atoms with Crippen molar-refractivity contribution in [1.82, 2.24) is 10.2 Å². The van der Waals surface area contributed by atoms with Gasteiger partial charge < -0.3 is 20.3 Å². The van der Waals surface area contributed by atoms with Crippen molar-refractivity contribution in [3.8, 4) is 0 Å². The van der Waals surface area contributed by atoms with Gasteiger partial charge in [0.15, 0.2) is 0 Å². The van der Waals surface area contributed by atoms with Crippen LogP contribution in [0.1, 0.15) is 83.5 Å². The van der Waals surface area contributed by atoms with Crippen LogP contribution >= 0.6 is 0 Å². The number of unbranched alkanes of at least 4 members (excludes halogenated alkanes) is 1. The van der Waals surface area contributed by atoms with E-state index in [1.807, 2.05) is 83.1 Å². The average molecular weight is 524 g/mol. The van der Waals surface area contributed by atoms with E-state index in [1.54, 1.807) is 25.7 Å². The Hall–Kier alpha value is -3.35. The van der Waals surface area contributed by atoms with Crippen LogP contribution < -0.4 is 10.6 Å². The molecular weight excluding hydrogens is 478 g/mol. The number of anilines is 1. The molecule has 3 atom stereocenters. The van der Waals surface area contributed by atoms with Gasteiger partial charge in [0.25, 0.3) is 5.91 Å². The summed E-state index contributed by atoms with van der Waals surface area (Å²) in [5.41, 5.74) is 2.59. The van der Waals surface area contributed by atoms with Gasteiger partial charge in [-0.3, -0.25) is 9.59 Å². The molecule has 2 N–H and O–H groups in total. The predicted octanol–water partition coefficient (Wildman–Crippen LogP) is 6.55. The van der Waals surface area contributed by atoms with Crippen molar-refractivity contribution in [2.24, 2.45) is 5.92 Å². The van der Waals surface area contributed by atoms with Gasteiger partial charge in [0, 0.05) is 12.2 Å². The molecule has 0 aliphatic heterocycles. The highest BCUT2D eigenvalue weighted by atomic mass is 16.6. The van der Waals surface area contributed by atoms with Crippen LogP contribution in [0.4, 0.5) is 10.5 Å². The summed E-state index contributed by atoms with van der Waals surface area (Å²) < 4.78 is 5.48. The molecule has 0 aliphatic carbocycles. The number of alkyl carbamates (subject to hydrolysis) is 1. The van der Waals surface area contributed by atoms with Crippen molar-refractivity contribution in [2.75, 3.05) is 11.9 Å². The van der Waals surface area contributed by atoms with Crippen molar-refractivity contribution in [1.29, 1.82) is 0 Å². The molecule has 7 heteroatoms. The molecule has 2 rings (SSSR count). The number of amides is 3. The Labute approximate surface area is 228 Å². The third kappa shape index (κ3) is 8.61. The minimum atomic E-state index is -0.873. The normalized spacial score (nSPS) is 13.7. The predicted molar refractivity (Wildman–Crippen MR) is 153 cm³/mol. The standard InChI is InChI=1S/C31H45N3O4/c1-9-11-20-34(29(36)26(21(3)10-2)33-30(37)38-31(6,7)8)27(24-18-14-12-16-22(24)4)28(35)32-25-19-15-13-17-23(25)5/h12-19,21,26-27H,9-11,20H2,1-8H3,(H,32,35)(H,33,37). The Kier molecular flexibility index (Phi) is 11.4. The van der Waals surface area contributed by atoms with Crippen LogP contribution in [-0.4, -0.2) is 41.0 Å². The number of hydrogen-bond acceptors (Lipinski definition) is 4. The molecule has 0 heterocycles. The Morgan fingerprint density at radius 1 is 0.947 bits per heavy atom. The second-order valence-corrected chi connectivity index (χ2v) is 11.0. The van der Waals surface area contributed by atoms with Crippen LogP contribution in [0.2, 0.25) is 0 Å². The lowest BCUT2D eigenvalue weighted by molar-refractivity contribution is -0.142. The van der Waals surface area contributed by atoms with Crippen LogP contribution in [0.15, 0.2) is 48.5 Å². The van der Waals surface area contributed by atoms with E-state index in [1.165, 1.54) is 0 Å². The van der Waals surface area contributed by atoms with Gasteiger partial charge in [-0.05, 0) is 69.7 Å². The van der Waals surface area contributed by atoms with Crippen molar-refractivity contribution in [2.45, 2.75) is 92.3 Å². The lowest BCUT2D eigenvalue weighted by atomic mass is 9.94. The quantitative estimate of drug-likeness (QED) is 0.350. The van der Waals surface area contributed by atoms with Gasteiger partial charge in [-0.25, -0.2) is 4.79 Å². The third-order valence-electron chi connectivity index (χ3n) is 6.63. The van der Waals surface area contributed by atoms with E-state index in [0.717, 1.165) is 23.1 Å². The molecule has 2 aromatic rings. The fraction of sp³-hybridized carbons (Fsp3) is 0.516. The Bertz CT molecular complexity index is 1090. The number of carbonyl (C=O) groups excluding carboxylic acids is 3. The molecule has 3 unspecified atom stereocenters. The van der Waals surface area contributed by atoms with Gasteiger partial charge in [-0.1, -0.05) is 76.1 Å². The van der Waals surface area contributed by atoms with Gasteiger partial charge in [0.2, 0.25) is 5.91 Å². The fourth-order valence-corrected chi connectivity index (χ4v) is 4.25. The van der Waals surface area contributed by atoms with Gasteiger partial charge in [0.05, 0.1) is 0 Å². The van der Waals surface area contributed by atoms with Gasteiger partial charge >= 0.3 is 6.09 Å². The minimum Gasteiger partial charge on any atom is -0.444 e. The number of ether oxygens (including phenoxy) is 1. The summed E-state index contributed by atoms with van der Waals surface area (Å²) in [6.07, 6.45) is 1.57. The van der Waals surface area contributed by atoms with E-state index in [4.69, 9.17) is 4.74 Å². The molecule has 0 fully saturated rings. The number of nitrogens with one attached hydrogen (secondary N) is 2. The number of carbonyl (C=O) groups is 3. The third-order valence-corrected chi connectivity index (χ3v) is 6.63. The van der Waals surface area contributed by atoms with E-state index in [0.29, 0.717) is 25.1 Å². The number of benzene rings is 2. The first-order valence-corrected chi connectivity index (χ1v) is 13.6. The Morgan fingerprint density at radius 2 is 1.55 bits per heavy atom. The monoisotopic (exact) mass is 523 g/mol. The average Bonchev–Trinajstić information content (AvgIpc) is 2.85. The summed E-state index contributed by atoms with van der Waals surface area (Å²) in [5.74, 6) is -0.763. The largest absolute Gasteiger partial charge is 0.444 e. The Morgan fingerprint density at radius 3 is 2.11 bits per heavy atom. The Balaban J connectivity index is 2.56. The zero-order chi connectivity index (χ0) is 28.5. The fourth-order valence-electron chi connectivity index (χ4n) is 4.25. The first-order valence-electron chi connectivity index (χ1n) is 13.6. The maximum atomic E-state index is 14.3. The van der Waals surface area contributed by atoms with Crippen molar-refractivity contribution >= 4 is 23.6 Å². The highest BCUT2D eigenvalue weighted by Crippen LogP contribution is 2.29.